The van der Waals surface area contributed by atoms with E-state index in [4.69, 9.17) is 5.26 Å². The van der Waals surface area contributed by atoms with Crippen molar-refractivity contribution >= 4 is 31.5 Å². The number of hydrogen-bond donors (Lipinski definition) is 1. The van der Waals surface area contributed by atoms with Crippen molar-refractivity contribution < 1.29 is 5.11 Å². The number of benzene rings is 2. The summed E-state index contributed by atoms with van der Waals surface area (Å²) in [5.74, 6) is 0. The van der Waals surface area contributed by atoms with Crippen LogP contribution in [-0.2, 0) is 0 Å². The summed E-state index contributed by atoms with van der Waals surface area (Å²) in [5, 5.41) is 19.8. The summed E-state index contributed by atoms with van der Waals surface area (Å²) in [5.41, 5.74) is 1.23. The zero-order valence-electron chi connectivity index (χ0n) is 10.8. The molecule has 0 aliphatic heterocycles. The lowest BCUT2D eigenvalue weighted by molar-refractivity contribution is 0.199. The van der Waals surface area contributed by atoms with Crippen molar-refractivity contribution in [3.63, 3.8) is 0 Å². The molecule has 0 saturated carbocycles. The molecule has 3 rings (SSSR count). The van der Waals surface area contributed by atoms with Crippen LogP contribution in [0.4, 0.5) is 0 Å². The van der Waals surface area contributed by atoms with E-state index in [2.05, 4.69) is 6.07 Å². The molecule has 20 heavy (non-hydrogen) atoms. The average molecular weight is 281 g/mol. The highest BCUT2D eigenvalue weighted by atomic mass is 32.1. The van der Waals surface area contributed by atoms with Gasteiger partial charge >= 0.3 is 0 Å². The maximum atomic E-state index is 12.5. The lowest BCUT2D eigenvalue weighted by Crippen LogP contribution is -2.02. The van der Waals surface area contributed by atoms with E-state index in [1.54, 1.807) is 31.2 Å². The highest BCUT2D eigenvalue weighted by Gasteiger charge is 2.09. The third-order valence-electron chi connectivity index (χ3n) is 3.31. The summed E-state index contributed by atoms with van der Waals surface area (Å²) in [6.45, 7) is 1.68. The number of aliphatic hydroxyl groups excluding tert-OH is 1. The summed E-state index contributed by atoms with van der Waals surface area (Å²) >= 11 is 1.48. The summed E-state index contributed by atoms with van der Waals surface area (Å²) in [4.78, 5) is 12.5. The molecule has 0 bridgehead atoms. The van der Waals surface area contributed by atoms with Gasteiger partial charge in [-0.3, -0.25) is 4.79 Å². The van der Waals surface area contributed by atoms with Crippen LogP contribution in [0.25, 0.3) is 20.2 Å². The molecule has 0 radical (unpaired) electrons. The van der Waals surface area contributed by atoms with Crippen LogP contribution >= 0.6 is 11.3 Å². The molecule has 0 aliphatic carbocycles. The van der Waals surface area contributed by atoms with Gasteiger partial charge < -0.3 is 5.11 Å². The minimum Gasteiger partial charge on any atom is -0.389 e. The number of nitrogens with zero attached hydrogens (tertiary/aromatic N) is 1. The average Bonchev–Trinajstić information content (AvgIpc) is 2.46. The molecule has 0 saturated heterocycles. The van der Waals surface area contributed by atoms with Gasteiger partial charge in [-0.2, -0.15) is 5.26 Å². The topological polar surface area (TPSA) is 61.1 Å². The Bertz CT molecular complexity index is 919. The molecule has 1 unspecified atom stereocenters. The predicted octanol–water partition coefficient (Wildman–Crippen LogP) is 3.34. The number of nitriles is 1. The van der Waals surface area contributed by atoms with Crippen molar-refractivity contribution in [2.75, 3.05) is 0 Å². The Hall–Kier alpha value is -2.22. The molecule has 3 aromatic rings. The smallest absolute Gasteiger partial charge is 0.195 e. The van der Waals surface area contributed by atoms with Gasteiger partial charge in [0, 0.05) is 20.2 Å². The molecule has 2 aromatic carbocycles. The molecule has 0 aliphatic rings. The summed E-state index contributed by atoms with van der Waals surface area (Å²) < 4.78 is 1.67. The molecule has 0 spiro atoms. The fourth-order valence-electron chi connectivity index (χ4n) is 2.20. The van der Waals surface area contributed by atoms with Crippen LogP contribution in [-0.4, -0.2) is 5.11 Å². The fraction of sp³-hybridized carbons (Fsp3) is 0.125. The Morgan fingerprint density at radius 3 is 2.65 bits per heavy atom. The van der Waals surface area contributed by atoms with Crippen LogP contribution in [0.2, 0.25) is 0 Å². The van der Waals surface area contributed by atoms with Gasteiger partial charge in [-0.25, -0.2) is 0 Å². The second-order valence-electron chi connectivity index (χ2n) is 4.69. The molecular weight excluding hydrogens is 270 g/mol. The second kappa shape index (κ2) is 4.71. The normalized spacial score (nSPS) is 12.4. The maximum absolute atomic E-state index is 12.5. The van der Waals surface area contributed by atoms with Crippen molar-refractivity contribution in [2.45, 2.75) is 13.0 Å². The first-order chi connectivity index (χ1) is 9.60. The van der Waals surface area contributed by atoms with E-state index < -0.39 is 6.10 Å². The van der Waals surface area contributed by atoms with E-state index in [-0.39, 0.29) is 5.43 Å². The minimum absolute atomic E-state index is 0.0549. The minimum atomic E-state index is -0.597. The zero-order valence-corrected chi connectivity index (χ0v) is 11.6. The van der Waals surface area contributed by atoms with Gasteiger partial charge in [0.15, 0.2) is 5.43 Å². The third kappa shape index (κ3) is 1.97. The van der Waals surface area contributed by atoms with Gasteiger partial charge in [0.25, 0.3) is 0 Å². The predicted molar refractivity (Wildman–Crippen MR) is 80.9 cm³/mol. The highest BCUT2D eigenvalue weighted by molar-refractivity contribution is 7.24. The van der Waals surface area contributed by atoms with Crippen molar-refractivity contribution in [1.29, 1.82) is 5.26 Å². The van der Waals surface area contributed by atoms with E-state index in [0.29, 0.717) is 16.3 Å². The quantitative estimate of drug-likeness (QED) is 0.696. The lowest BCUT2D eigenvalue weighted by atomic mass is 10.1. The van der Waals surface area contributed by atoms with Crippen molar-refractivity contribution in [3.05, 3.63) is 57.7 Å². The zero-order chi connectivity index (χ0) is 14.3. The Balaban J connectivity index is 2.41. The number of fused-ring (bicyclic) bond motifs is 2. The van der Waals surface area contributed by atoms with Crippen molar-refractivity contribution in [2.24, 2.45) is 0 Å². The highest BCUT2D eigenvalue weighted by Crippen LogP contribution is 2.27. The monoisotopic (exact) mass is 281 g/mol. The molecule has 1 atom stereocenters. The Kier molecular flexibility index (Phi) is 3.01. The summed E-state index contributed by atoms with van der Waals surface area (Å²) in [7, 11) is 0. The molecule has 0 amide bonds. The lowest BCUT2D eigenvalue weighted by Gasteiger charge is -2.06. The van der Waals surface area contributed by atoms with Crippen LogP contribution in [0, 0.1) is 11.3 Å². The standard InChI is InChI=1S/C16H11NO2S/c1-9(18)11-3-5-14-13(7-11)16(19)12-4-2-10(8-17)6-15(12)20-14/h2-7,9,18H,1H3. The second-order valence-corrected chi connectivity index (χ2v) is 5.77. The fourth-order valence-corrected chi connectivity index (χ4v) is 3.29. The van der Waals surface area contributed by atoms with Gasteiger partial charge in [-0.05, 0) is 42.8 Å². The van der Waals surface area contributed by atoms with E-state index in [0.717, 1.165) is 15.0 Å². The van der Waals surface area contributed by atoms with Crippen molar-refractivity contribution in [1.82, 2.24) is 0 Å². The number of rotatable bonds is 1. The van der Waals surface area contributed by atoms with Crippen LogP contribution in [0.5, 0.6) is 0 Å². The van der Waals surface area contributed by atoms with Crippen molar-refractivity contribution in [3.8, 4) is 6.07 Å². The van der Waals surface area contributed by atoms with E-state index in [9.17, 15) is 9.90 Å². The van der Waals surface area contributed by atoms with Gasteiger partial charge in [0.2, 0.25) is 0 Å². The van der Waals surface area contributed by atoms with Crippen LogP contribution in [0.1, 0.15) is 24.2 Å². The van der Waals surface area contributed by atoms with E-state index in [1.165, 1.54) is 11.3 Å². The van der Waals surface area contributed by atoms with Crippen LogP contribution < -0.4 is 5.43 Å². The largest absolute Gasteiger partial charge is 0.389 e. The molecular formula is C16H11NO2S. The van der Waals surface area contributed by atoms with Crippen LogP contribution in [0.3, 0.4) is 0 Å². The molecule has 0 fully saturated rings. The van der Waals surface area contributed by atoms with Gasteiger partial charge in [0.1, 0.15) is 0 Å². The maximum Gasteiger partial charge on any atom is 0.195 e. The molecule has 1 N–H and O–H groups in total. The van der Waals surface area contributed by atoms with Gasteiger partial charge in [-0.15, -0.1) is 11.3 Å². The van der Waals surface area contributed by atoms with Gasteiger partial charge in [-0.1, -0.05) is 6.07 Å². The summed E-state index contributed by atoms with van der Waals surface area (Å²) in [6.07, 6.45) is -0.597. The molecule has 98 valence electrons. The Morgan fingerprint density at radius 2 is 1.95 bits per heavy atom. The number of hydrogen-bond acceptors (Lipinski definition) is 4. The molecule has 1 aromatic heterocycles. The first-order valence-electron chi connectivity index (χ1n) is 6.19. The molecule has 1 heterocycles. The first kappa shape index (κ1) is 12.8. The Morgan fingerprint density at radius 1 is 1.15 bits per heavy atom. The number of aliphatic hydroxyl groups is 1. The molecule has 4 heteroatoms. The molecule has 3 nitrogen and oxygen atoms in total. The summed E-state index contributed by atoms with van der Waals surface area (Å²) in [6, 6.07) is 12.6. The van der Waals surface area contributed by atoms with Crippen LogP contribution in [0.15, 0.2) is 41.2 Å². The third-order valence-corrected chi connectivity index (χ3v) is 4.44. The van der Waals surface area contributed by atoms with E-state index >= 15 is 0 Å². The Labute approximate surface area is 119 Å². The van der Waals surface area contributed by atoms with E-state index in [1.807, 2.05) is 12.1 Å². The SMILES string of the molecule is CC(O)c1ccc2sc3cc(C#N)ccc3c(=O)c2c1. The first-order valence-corrected chi connectivity index (χ1v) is 7.00. The van der Waals surface area contributed by atoms with Gasteiger partial charge in [0.05, 0.1) is 17.7 Å².